The first kappa shape index (κ1) is 12.9. The summed E-state index contributed by atoms with van der Waals surface area (Å²) in [4.78, 5) is 11.2. The molecule has 0 bridgehead atoms. The van der Waals surface area contributed by atoms with Crippen molar-refractivity contribution in [1.82, 2.24) is 5.32 Å². The third kappa shape index (κ3) is 5.54. The summed E-state index contributed by atoms with van der Waals surface area (Å²) in [6.45, 7) is 0.287. The molecule has 2 unspecified atom stereocenters. The van der Waals surface area contributed by atoms with Gasteiger partial charge in [0.15, 0.2) is 0 Å². The summed E-state index contributed by atoms with van der Waals surface area (Å²) in [6, 6.07) is -0.713. The Labute approximate surface area is 83.6 Å². The van der Waals surface area contributed by atoms with E-state index in [9.17, 15) is 9.90 Å². The average molecular weight is 200 g/mol. The lowest BCUT2D eigenvalue weighted by Gasteiger charge is -2.13. The monoisotopic (exact) mass is 200 g/mol. The molecule has 0 aliphatic rings. The Bertz CT molecular complexity index is 213. The lowest BCUT2D eigenvalue weighted by molar-refractivity contribution is -0.122. The number of aliphatic hydroxyl groups excluding tert-OH is 1. The first-order valence-corrected chi connectivity index (χ1v) is 4.25. The number of rotatable bonds is 6. The van der Waals surface area contributed by atoms with Gasteiger partial charge in [0, 0.05) is 20.1 Å². The largest absolute Gasteiger partial charge is 0.389 e. The van der Waals surface area contributed by atoms with Crippen LogP contribution < -0.4 is 11.1 Å². The molecular weight excluding hydrogens is 184 g/mol. The molecule has 0 saturated heterocycles. The van der Waals surface area contributed by atoms with E-state index in [1.54, 1.807) is 0 Å². The van der Waals surface area contributed by atoms with Gasteiger partial charge in [-0.2, -0.15) is 0 Å². The Morgan fingerprint density at radius 3 is 2.93 bits per heavy atom. The van der Waals surface area contributed by atoms with Crippen molar-refractivity contribution in [2.75, 3.05) is 20.3 Å². The van der Waals surface area contributed by atoms with Gasteiger partial charge >= 0.3 is 0 Å². The highest BCUT2D eigenvalue weighted by molar-refractivity contribution is 5.81. The fourth-order valence-corrected chi connectivity index (χ4v) is 0.820. The predicted octanol–water partition coefficient (Wildman–Crippen LogP) is -1.54. The maximum Gasteiger partial charge on any atom is 0.237 e. The molecule has 0 saturated carbocycles. The van der Waals surface area contributed by atoms with Crippen molar-refractivity contribution in [3.05, 3.63) is 0 Å². The van der Waals surface area contributed by atoms with Gasteiger partial charge in [0.25, 0.3) is 0 Å². The van der Waals surface area contributed by atoms with Gasteiger partial charge in [-0.15, -0.1) is 12.3 Å². The van der Waals surface area contributed by atoms with Crippen LogP contribution in [0.1, 0.15) is 6.42 Å². The second kappa shape index (κ2) is 7.33. The number of ether oxygens (including phenoxy) is 1. The third-order valence-electron chi connectivity index (χ3n) is 1.55. The lowest BCUT2D eigenvalue weighted by atomic mass is 10.2. The molecule has 80 valence electrons. The number of nitrogens with one attached hydrogen (secondary N) is 1. The molecule has 4 N–H and O–H groups in total. The number of carbonyl (C=O) groups excluding carboxylic acids is 1. The van der Waals surface area contributed by atoms with Gasteiger partial charge in [-0.25, -0.2) is 0 Å². The predicted molar refractivity (Wildman–Crippen MR) is 52.3 cm³/mol. The van der Waals surface area contributed by atoms with Crippen molar-refractivity contribution in [1.29, 1.82) is 0 Å². The van der Waals surface area contributed by atoms with Gasteiger partial charge in [-0.3, -0.25) is 4.79 Å². The van der Waals surface area contributed by atoms with Gasteiger partial charge in [0.05, 0.1) is 18.8 Å². The minimum absolute atomic E-state index is 0.116. The van der Waals surface area contributed by atoms with E-state index in [0.29, 0.717) is 0 Å². The molecule has 0 radical (unpaired) electrons. The van der Waals surface area contributed by atoms with Crippen molar-refractivity contribution < 1.29 is 14.6 Å². The topological polar surface area (TPSA) is 84.6 Å². The Morgan fingerprint density at radius 2 is 2.43 bits per heavy atom. The van der Waals surface area contributed by atoms with Gasteiger partial charge in [0.1, 0.15) is 0 Å². The van der Waals surface area contributed by atoms with E-state index in [1.165, 1.54) is 7.11 Å². The van der Waals surface area contributed by atoms with Crippen LogP contribution in [0.15, 0.2) is 0 Å². The zero-order valence-electron chi connectivity index (χ0n) is 8.19. The van der Waals surface area contributed by atoms with Crippen LogP contribution >= 0.6 is 0 Å². The van der Waals surface area contributed by atoms with Crippen LogP contribution in [0.5, 0.6) is 0 Å². The van der Waals surface area contributed by atoms with Crippen molar-refractivity contribution in [3.8, 4) is 12.3 Å². The van der Waals surface area contributed by atoms with Gasteiger partial charge < -0.3 is 20.9 Å². The molecule has 0 aliphatic heterocycles. The van der Waals surface area contributed by atoms with Crippen LogP contribution in [0.2, 0.25) is 0 Å². The van der Waals surface area contributed by atoms with Crippen LogP contribution in [0.4, 0.5) is 0 Å². The summed E-state index contributed by atoms with van der Waals surface area (Å²) in [6.07, 6.45) is 4.46. The first-order chi connectivity index (χ1) is 6.61. The molecule has 0 fully saturated rings. The van der Waals surface area contributed by atoms with Crippen molar-refractivity contribution in [2.45, 2.75) is 18.6 Å². The number of hydrogen-bond donors (Lipinski definition) is 3. The number of terminal acetylenes is 1. The smallest absolute Gasteiger partial charge is 0.237 e. The van der Waals surface area contributed by atoms with Gasteiger partial charge in [-0.1, -0.05) is 0 Å². The van der Waals surface area contributed by atoms with E-state index in [2.05, 4.69) is 16.0 Å². The summed E-state index contributed by atoms with van der Waals surface area (Å²) >= 11 is 0. The second-order valence-corrected chi connectivity index (χ2v) is 2.87. The van der Waals surface area contributed by atoms with E-state index < -0.39 is 12.1 Å². The van der Waals surface area contributed by atoms with Crippen LogP contribution in [0.3, 0.4) is 0 Å². The molecule has 0 rings (SSSR count). The SMILES string of the molecule is C#CCC(N)C(=O)NCC(O)COC. The zero-order valence-corrected chi connectivity index (χ0v) is 8.19. The van der Waals surface area contributed by atoms with Crippen LogP contribution in [-0.2, 0) is 9.53 Å². The molecule has 0 aliphatic carbocycles. The van der Waals surface area contributed by atoms with Crippen molar-refractivity contribution in [2.24, 2.45) is 5.73 Å². The van der Waals surface area contributed by atoms with Crippen molar-refractivity contribution in [3.63, 3.8) is 0 Å². The fourth-order valence-electron chi connectivity index (χ4n) is 0.820. The molecular formula is C9H16N2O3. The number of aliphatic hydroxyl groups is 1. The number of methoxy groups -OCH3 is 1. The molecule has 0 aromatic heterocycles. The molecule has 0 spiro atoms. The van der Waals surface area contributed by atoms with E-state index in [1.807, 2.05) is 0 Å². The lowest BCUT2D eigenvalue weighted by Crippen LogP contribution is -2.44. The summed E-state index contributed by atoms with van der Waals surface area (Å²) in [5, 5.41) is 11.7. The number of hydrogen-bond acceptors (Lipinski definition) is 4. The minimum atomic E-state index is -0.720. The standard InChI is InChI=1S/C9H16N2O3/c1-3-4-8(10)9(13)11-5-7(12)6-14-2/h1,7-8,12H,4-6,10H2,2H3,(H,11,13). The Balaban J connectivity index is 3.68. The third-order valence-corrected chi connectivity index (χ3v) is 1.55. The Morgan fingerprint density at radius 1 is 1.79 bits per heavy atom. The second-order valence-electron chi connectivity index (χ2n) is 2.87. The number of carbonyl (C=O) groups is 1. The number of nitrogens with two attached hydrogens (primary N) is 1. The minimum Gasteiger partial charge on any atom is -0.389 e. The molecule has 1 amide bonds. The quantitative estimate of drug-likeness (QED) is 0.454. The highest BCUT2D eigenvalue weighted by Crippen LogP contribution is 1.87. The average Bonchev–Trinajstić information content (AvgIpc) is 2.15. The Hall–Kier alpha value is -1.09. The maximum absolute atomic E-state index is 11.2. The van der Waals surface area contributed by atoms with Crippen molar-refractivity contribution >= 4 is 5.91 Å². The molecule has 0 heterocycles. The Kier molecular flexibility index (Phi) is 6.76. The summed E-state index contributed by atoms with van der Waals surface area (Å²) in [7, 11) is 1.47. The molecule has 5 nitrogen and oxygen atoms in total. The zero-order chi connectivity index (χ0) is 11.0. The van der Waals surface area contributed by atoms with Crippen LogP contribution in [0, 0.1) is 12.3 Å². The van der Waals surface area contributed by atoms with E-state index in [4.69, 9.17) is 12.2 Å². The molecule has 2 atom stereocenters. The number of amides is 1. The fraction of sp³-hybridized carbons (Fsp3) is 0.667. The van der Waals surface area contributed by atoms with Crippen LogP contribution in [-0.4, -0.2) is 43.4 Å². The van der Waals surface area contributed by atoms with Gasteiger partial charge in [-0.05, 0) is 0 Å². The normalized spacial score (nSPS) is 14.1. The van der Waals surface area contributed by atoms with E-state index in [0.717, 1.165) is 0 Å². The highest BCUT2D eigenvalue weighted by atomic mass is 16.5. The summed E-state index contributed by atoms with van der Waals surface area (Å²) in [5.41, 5.74) is 5.42. The summed E-state index contributed by atoms with van der Waals surface area (Å²) in [5.74, 6) is 1.93. The maximum atomic E-state index is 11.2. The molecule has 5 heteroatoms. The molecule has 0 aromatic carbocycles. The van der Waals surface area contributed by atoms with E-state index >= 15 is 0 Å². The summed E-state index contributed by atoms with van der Waals surface area (Å²) < 4.78 is 4.68. The van der Waals surface area contributed by atoms with Gasteiger partial charge in [0.2, 0.25) is 5.91 Å². The first-order valence-electron chi connectivity index (χ1n) is 4.25. The van der Waals surface area contributed by atoms with Crippen LogP contribution in [0.25, 0.3) is 0 Å². The molecule has 0 aromatic rings. The van der Waals surface area contributed by atoms with E-state index in [-0.39, 0.29) is 25.5 Å². The molecule has 14 heavy (non-hydrogen) atoms. The highest BCUT2D eigenvalue weighted by Gasteiger charge is 2.12.